The Bertz CT molecular complexity index is 1200. The van der Waals surface area contributed by atoms with E-state index in [-0.39, 0.29) is 11.9 Å². The van der Waals surface area contributed by atoms with E-state index in [9.17, 15) is 13.2 Å². The van der Waals surface area contributed by atoms with Crippen molar-refractivity contribution >= 4 is 50.7 Å². The molecule has 0 N–H and O–H groups in total. The second-order valence-corrected chi connectivity index (χ2v) is 13.2. The number of sulfonamides is 1. The van der Waals surface area contributed by atoms with Gasteiger partial charge in [-0.2, -0.15) is 4.31 Å². The van der Waals surface area contributed by atoms with E-state index in [1.165, 1.54) is 6.26 Å². The number of likely N-dealkylation sites (N-methyl/N-ethyl adjacent to an activating group) is 1. The minimum atomic E-state index is -3.23. The molecule has 1 fully saturated rings. The summed E-state index contributed by atoms with van der Waals surface area (Å²) in [6, 6.07) is 12.9. The summed E-state index contributed by atoms with van der Waals surface area (Å²) < 4.78 is 25.9. The van der Waals surface area contributed by atoms with Crippen molar-refractivity contribution in [1.82, 2.24) is 14.1 Å². The molecule has 1 aliphatic rings. The van der Waals surface area contributed by atoms with Gasteiger partial charge in [-0.25, -0.2) is 8.42 Å². The van der Waals surface area contributed by atoms with Crippen LogP contribution in [0.1, 0.15) is 44.2 Å². The fourth-order valence-electron chi connectivity index (χ4n) is 5.19. The van der Waals surface area contributed by atoms with Gasteiger partial charge in [0, 0.05) is 31.2 Å². The predicted molar refractivity (Wildman–Crippen MR) is 153 cm³/mol. The number of rotatable bonds is 10. The molecule has 2 aromatic carbocycles. The lowest BCUT2D eigenvalue weighted by Crippen LogP contribution is -2.49. The third-order valence-corrected chi connectivity index (χ3v) is 9.70. The number of carbonyl (C=O) groups excluding carboxylic acids is 1. The highest BCUT2D eigenvalue weighted by molar-refractivity contribution is 7.88. The van der Waals surface area contributed by atoms with Gasteiger partial charge in [-0.15, -0.1) is 0 Å². The molecule has 0 aliphatic carbocycles. The van der Waals surface area contributed by atoms with Crippen LogP contribution >= 0.6 is 34.8 Å². The first kappa shape index (κ1) is 30.2. The Labute approximate surface area is 236 Å². The number of likely N-dealkylation sites (tertiary alicyclic amines) is 1. The average molecular weight is 589 g/mol. The molecule has 0 aromatic heterocycles. The number of amides is 1. The van der Waals surface area contributed by atoms with Crippen molar-refractivity contribution in [2.24, 2.45) is 0 Å². The minimum absolute atomic E-state index is 0.0168. The van der Waals surface area contributed by atoms with E-state index in [0.29, 0.717) is 41.1 Å². The molecule has 1 heterocycles. The molecule has 6 nitrogen and oxygen atoms in total. The van der Waals surface area contributed by atoms with Gasteiger partial charge >= 0.3 is 0 Å². The Kier molecular flexibility index (Phi) is 10.3. The van der Waals surface area contributed by atoms with Crippen LogP contribution in [0.2, 0.25) is 15.1 Å². The highest BCUT2D eigenvalue weighted by atomic mass is 35.5. The highest BCUT2D eigenvalue weighted by Gasteiger charge is 2.38. The first-order valence-electron chi connectivity index (χ1n) is 12.5. The summed E-state index contributed by atoms with van der Waals surface area (Å²) in [5, 5.41) is 1.49. The zero-order valence-electron chi connectivity index (χ0n) is 21.9. The summed E-state index contributed by atoms with van der Waals surface area (Å²) >= 11 is 18.7. The maximum absolute atomic E-state index is 13.9. The van der Waals surface area contributed by atoms with Crippen LogP contribution in [0.25, 0.3) is 0 Å². The normalized spacial score (nSPS) is 17.1. The zero-order chi connectivity index (χ0) is 27.4. The first-order valence-corrected chi connectivity index (χ1v) is 15.5. The third kappa shape index (κ3) is 7.61. The van der Waals surface area contributed by atoms with Crippen molar-refractivity contribution in [1.29, 1.82) is 0 Å². The summed E-state index contributed by atoms with van der Waals surface area (Å²) in [5.41, 5.74) is 0.933. The maximum Gasteiger partial charge on any atom is 0.233 e. The fraction of sp³-hybridized carbons (Fsp3) is 0.519. The standard InChI is InChI=1S/C27H36Cl3N3O3S/c1-5-33(37(4,35)36)23-11-14-32(15-12-23)16-13-27(2,21-9-10-24(29)25(30)18-21)26(34)31(3)19-20-7-6-8-22(28)17-20/h6-10,17-18,23H,5,11-16,19H2,1-4H3. The van der Waals surface area contributed by atoms with Crippen LogP contribution in [-0.2, 0) is 26.8 Å². The Hall–Kier alpha value is -1.35. The molecule has 1 saturated heterocycles. The lowest BCUT2D eigenvalue weighted by Gasteiger charge is -2.39. The van der Waals surface area contributed by atoms with Gasteiger partial charge in [0.2, 0.25) is 15.9 Å². The number of nitrogens with zero attached hydrogens (tertiary/aromatic N) is 3. The molecule has 1 atom stereocenters. The molecule has 0 spiro atoms. The average Bonchev–Trinajstić information content (AvgIpc) is 2.84. The largest absolute Gasteiger partial charge is 0.341 e. The summed E-state index contributed by atoms with van der Waals surface area (Å²) in [7, 11) is -1.43. The van der Waals surface area contributed by atoms with E-state index in [1.807, 2.05) is 44.2 Å². The molecule has 1 amide bonds. The van der Waals surface area contributed by atoms with Gasteiger partial charge in [-0.1, -0.05) is 59.9 Å². The molecule has 1 unspecified atom stereocenters. The van der Waals surface area contributed by atoms with Crippen molar-refractivity contribution in [3.8, 4) is 0 Å². The quantitative estimate of drug-likeness (QED) is 0.357. The first-order chi connectivity index (χ1) is 17.3. The van der Waals surface area contributed by atoms with E-state index in [0.717, 1.165) is 37.1 Å². The zero-order valence-corrected chi connectivity index (χ0v) is 25.0. The summed E-state index contributed by atoms with van der Waals surface area (Å²) in [6.45, 7) is 7.00. The number of piperidine rings is 1. The molecule has 204 valence electrons. The van der Waals surface area contributed by atoms with Gasteiger partial charge in [0.25, 0.3) is 0 Å². The van der Waals surface area contributed by atoms with Crippen LogP contribution < -0.4 is 0 Å². The molecular formula is C27H36Cl3N3O3S. The van der Waals surface area contributed by atoms with Crippen LogP contribution in [0.4, 0.5) is 0 Å². The molecule has 10 heteroatoms. The molecule has 37 heavy (non-hydrogen) atoms. The number of hydrogen-bond donors (Lipinski definition) is 0. The van der Waals surface area contributed by atoms with Crippen molar-refractivity contribution < 1.29 is 13.2 Å². The van der Waals surface area contributed by atoms with Gasteiger partial charge in [-0.3, -0.25) is 4.79 Å². The van der Waals surface area contributed by atoms with E-state index < -0.39 is 15.4 Å². The van der Waals surface area contributed by atoms with Gasteiger partial charge in [0.05, 0.1) is 21.7 Å². The van der Waals surface area contributed by atoms with E-state index in [1.54, 1.807) is 28.4 Å². The highest BCUT2D eigenvalue weighted by Crippen LogP contribution is 2.35. The lowest BCUT2D eigenvalue weighted by molar-refractivity contribution is -0.136. The van der Waals surface area contributed by atoms with Crippen molar-refractivity contribution in [3.05, 3.63) is 68.7 Å². The summed E-state index contributed by atoms with van der Waals surface area (Å²) in [5.74, 6) is -0.0185. The van der Waals surface area contributed by atoms with Gasteiger partial charge in [-0.05, 0) is 81.2 Å². The molecule has 0 radical (unpaired) electrons. The number of benzene rings is 2. The van der Waals surface area contributed by atoms with Crippen molar-refractivity contribution in [2.45, 2.75) is 51.1 Å². The number of hydrogen-bond acceptors (Lipinski definition) is 4. The molecule has 2 aromatic rings. The Morgan fingerprint density at radius 3 is 2.32 bits per heavy atom. The molecule has 0 bridgehead atoms. The Balaban J connectivity index is 1.76. The van der Waals surface area contributed by atoms with Crippen LogP contribution in [0.5, 0.6) is 0 Å². The number of halogens is 3. The summed E-state index contributed by atoms with van der Waals surface area (Å²) in [4.78, 5) is 18.0. The fourth-order valence-corrected chi connectivity index (χ4v) is 6.92. The van der Waals surface area contributed by atoms with Crippen molar-refractivity contribution in [2.75, 3.05) is 39.5 Å². The Morgan fingerprint density at radius 1 is 1.08 bits per heavy atom. The smallest absolute Gasteiger partial charge is 0.233 e. The second kappa shape index (κ2) is 12.7. The topological polar surface area (TPSA) is 60.9 Å². The summed E-state index contributed by atoms with van der Waals surface area (Å²) in [6.07, 6.45) is 3.40. The third-order valence-electron chi connectivity index (χ3n) is 7.31. The van der Waals surface area contributed by atoms with Gasteiger partial charge in [0.15, 0.2) is 0 Å². The van der Waals surface area contributed by atoms with E-state index in [2.05, 4.69) is 4.90 Å². The molecule has 0 saturated carbocycles. The monoisotopic (exact) mass is 587 g/mol. The van der Waals surface area contributed by atoms with E-state index >= 15 is 0 Å². The van der Waals surface area contributed by atoms with Gasteiger partial charge < -0.3 is 9.80 Å². The van der Waals surface area contributed by atoms with Crippen molar-refractivity contribution in [3.63, 3.8) is 0 Å². The molecule has 1 aliphatic heterocycles. The maximum atomic E-state index is 13.9. The minimum Gasteiger partial charge on any atom is -0.341 e. The SMILES string of the molecule is CCN(C1CCN(CCC(C)(C(=O)N(C)Cc2cccc(Cl)c2)c2ccc(Cl)c(Cl)c2)CC1)S(C)(=O)=O. The van der Waals surface area contributed by atoms with Crippen LogP contribution in [-0.4, -0.2) is 74.0 Å². The second-order valence-electron chi connectivity index (χ2n) is 10.0. The van der Waals surface area contributed by atoms with Crippen LogP contribution in [0.3, 0.4) is 0 Å². The van der Waals surface area contributed by atoms with Crippen LogP contribution in [0, 0.1) is 0 Å². The van der Waals surface area contributed by atoms with Gasteiger partial charge in [0.1, 0.15) is 0 Å². The van der Waals surface area contributed by atoms with Crippen LogP contribution in [0.15, 0.2) is 42.5 Å². The number of carbonyl (C=O) groups is 1. The molecule has 3 rings (SSSR count). The Morgan fingerprint density at radius 2 is 1.76 bits per heavy atom. The van der Waals surface area contributed by atoms with E-state index in [4.69, 9.17) is 34.8 Å². The predicted octanol–water partition coefficient (Wildman–Crippen LogP) is 5.70. The molecular weight excluding hydrogens is 553 g/mol. The lowest BCUT2D eigenvalue weighted by atomic mass is 9.77.